The second-order valence-electron chi connectivity index (χ2n) is 27.7. The molecule has 8 heterocycles. The third-order valence-electron chi connectivity index (χ3n) is 19.2. The van der Waals surface area contributed by atoms with Crippen LogP contribution in [0.3, 0.4) is 0 Å². The molecule has 6 aliphatic heterocycles. The van der Waals surface area contributed by atoms with Crippen LogP contribution in [0.4, 0.5) is 34.1 Å². The number of anilines is 6. The van der Waals surface area contributed by atoms with Crippen molar-refractivity contribution in [3.05, 3.63) is 174 Å². The molecule has 0 atom stereocenters. The summed E-state index contributed by atoms with van der Waals surface area (Å²) in [6.07, 6.45) is 0. The van der Waals surface area contributed by atoms with E-state index >= 15 is 0 Å². The Morgan fingerprint density at radius 2 is 0.649 bits per heavy atom. The molecule has 0 unspecified atom stereocenters. The Morgan fingerprint density at radius 3 is 1.06 bits per heavy atom. The zero-order valence-electron chi connectivity index (χ0n) is 46.5. The van der Waals surface area contributed by atoms with Crippen LogP contribution in [0, 0.1) is 0 Å². The molecule has 0 amide bonds. The van der Waals surface area contributed by atoms with Crippen molar-refractivity contribution in [2.75, 3.05) is 9.80 Å². The van der Waals surface area contributed by atoms with Gasteiger partial charge in [-0.2, -0.15) is 0 Å². The number of fused-ring (bicyclic) bond motifs is 20. The second-order valence-corrected chi connectivity index (χ2v) is 27.7. The first kappa shape index (κ1) is 44.5. The van der Waals surface area contributed by atoms with E-state index in [4.69, 9.17) is 0 Å². The van der Waals surface area contributed by atoms with Gasteiger partial charge < -0.3 is 18.9 Å². The van der Waals surface area contributed by atoms with E-state index in [0.717, 1.165) is 0 Å². The summed E-state index contributed by atoms with van der Waals surface area (Å²) in [6.45, 7) is 28.6. The lowest BCUT2D eigenvalue weighted by atomic mass is 9.26. The number of hydrogen-bond donors (Lipinski definition) is 0. The van der Waals surface area contributed by atoms with Crippen molar-refractivity contribution < 1.29 is 0 Å². The van der Waals surface area contributed by atoms with E-state index in [2.05, 4.69) is 254 Å². The molecule has 6 aliphatic rings. The van der Waals surface area contributed by atoms with Gasteiger partial charge in [-0.05, 0) is 142 Å². The van der Waals surface area contributed by atoms with Crippen molar-refractivity contribution >= 4 is 147 Å². The topological polar surface area (TPSA) is 16.3 Å². The molecule has 0 saturated carbocycles. The molecule has 0 bridgehead atoms. The fourth-order valence-corrected chi connectivity index (χ4v) is 15.5. The molecule has 0 fully saturated rings. The number of rotatable bonds is 0. The Balaban J connectivity index is 1.10. The van der Waals surface area contributed by atoms with Crippen LogP contribution in [0.5, 0.6) is 0 Å². The standard InChI is InChI=1S/C70H61B3N4/c1-67(2,3)38-27-29-46-54(31-38)76-58-35-40(69(7,8)9)33-56-60(58)72(48-23-17-21-44-42-19-13-15-25-52(42)74(56)63(44)48)50-37-51-66-62(65(50)76)71(46)47-30-28-39(68(4,5)6)32-55(47)77(66)59-36-41(70(10,11)12)34-57-61(59)73(51)49-24-18-22-45-43-20-14-16-26-53(43)75(57)64(45)49/h13-37H,1-12H3. The Hall–Kier alpha value is -7.63. The van der Waals surface area contributed by atoms with E-state index in [1.54, 1.807) is 0 Å². The normalized spacial score (nSPS) is 15.1. The molecular weight excluding hydrogens is 929 g/mol. The fraction of sp³-hybridized carbons (Fsp3) is 0.229. The van der Waals surface area contributed by atoms with Crippen LogP contribution in [0.2, 0.25) is 0 Å². The average Bonchev–Trinajstić information content (AvgIpc) is 4.01. The van der Waals surface area contributed by atoms with E-state index in [0.29, 0.717) is 0 Å². The molecule has 77 heavy (non-hydrogen) atoms. The van der Waals surface area contributed by atoms with Gasteiger partial charge in [0.1, 0.15) is 0 Å². The zero-order chi connectivity index (χ0) is 52.5. The average molecular weight is 991 g/mol. The number of benzene rings is 9. The highest BCUT2D eigenvalue weighted by molar-refractivity contribution is 7.07. The maximum Gasteiger partial charge on any atom is 0.252 e. The van der Waals surface area contributed by atoms with Crippen molar-refractivity contribution in [2.24, 2.45) is 0 Å². The van der Waals surface area contributed by atoms with Gasteiger partial charge in [0.2, 0.25) is 0 Å². The third kappa shape index (κ3) is 5.39. The molecule has 7 heteroatoms. The van der Waals surface area contributed by atoms with Crippen LogP contribution in [0.15, 0.2) is 152 Å². The van der Waals surface area contributed by atoms with Crippen molar-refractivity contribution in [1.29, 1.82) is 0 Å². The molecule has 0 N–H and O–H groups in total. The van der Waals surface area contributed by atoms with Gasteiger partial charge in [-0.25, -0.2) is 0 Å². The van der Waals surface area contributed by atoms with Crippen LogP contribution >= 0.6 is 0 Å². The van der Waals surface area contributed by atoms with Crippen LogP contribution < -0.4 is 59.0 Å². The highest BCUT2D eigenvalue weighted by Gasteiger charge is 2.55. The van der Waals surface area contributed by atoms with E-state index < -0.39 is 0 Å². The van der Waals surface area contributed by atoms with Crippen LogP contribution in [-0.4, -0.2) is 29.3 Å². The number of aromatic nitrogens is 2. The van der Waals surface area contributed by atoms with Gasteiger partial charge >= 0.3 is 0 Å². The summed E-state index contributed by atoms with van der Waals surface area (Å²) in [5.74, 6) is 0. The van der Waals surface area contributed by atoms with Gasteiger partial charge in [0.05, 0.1) is 11.0 Å². The van der Waals surface area contributed by atoms with E-state index in [-0.39, 0.29) is 41.8 Å². The summed E-state index contributed by atoms with van der Waals surface area (Å²) in [5, 5.41) is 5.28. The number of para-hydroxylation sites is 4. The molecule has 4 nitrogen and oxygen atoms in total. The molecular formula is C70H61B3N4. The first-order valence-corrected chi connectivity index (χ1v) is 28.3. The Labute approximate surface area is 453 Å². The van der Waals surface area contributed by atoms with Gasteiger partial charge in [0.15, 0.2) is 0 Å². The molecule has 0 aliphatic carbocycles. The lowest BCUT2D eigenvalue weighted by molar-refractivity contribution is 0.589. The number of hydrogen-bond acceptors (Lipinski definition) is 2. The monoisotopic (exact) mass is 991 g/mol. The lowest BCUT2D eigenvalue weighted by Gasteiger charge is -2.52. The van der Waals surface area contributed by atoms with Crippen molar-refractivity contribution in [1.82, 2.24) is 9.13 Å². The summed E-state index contributed by atoms with van der Waals surface area (Å²) < 4.78 is 5.30. The minimum absolute atomic E-state index is 0.00506. The molecule has 370 valence electrons. The Morgan fingerprint density at radius 1 is 0.286 bits per heavy atom. The van der Waals surface area contributed by atoms with Gasteiger partial charge in [0.25, 0.3) is 20.1 Å². The summed E-state index contributed by atoms with van der Waals surface area (Å²) in [7, 11) is 0. The Kier molecular flexibility index (Phi) is 8.04. The van der Waals surface area contributed by atoms with Gasteiger partial charge in [0, 0.05) is 78.1 Å². The predicted octanol–water partition coefficient (Wildman–Crippen LogP) is 11.4. The molecule has 2 aromatic heterocycles. The zero-order valence-corrected chi connectivity index (χ0v) is 46.5. The second kappa shape index (κ2) is 13.9. The minimum Gasteiger partial charge on any atom is -0.312 e. The lowest BCUT2D eigenvalue weighted by Crippen LogP contribution is -2.72. The van der Waals surface area contributed by atoms with Crippen LogP contribution in [0.25, 0.3) is 55.0 Å². The van der Waals surface area contributed by atoms with Crippen LogP contribution in [0.1, 0.15) is 105 Å². The summed E-state index contributed by atoms with van der Waals surface area (Å²) in [4.78, 5) is 5.60. The molecule has 11 aromatic rings. The highest BCUT2D eigenvalue weighted by atomic mass is 15.2. The summed E-state index contributed by atoms with van der Waals surface area (Å²) in [6, 6.07) is 61.0. The highest BCUT2D eigenvalue weighted by Crippen LogP contribution is 2.51. The fourth-order valence-electron chi connectivity index (χ4n) is 15.5. The van der Waals surface area contributed by atoms with Crippen molar-refractivity contribution in [2.45, 2.75) is 105 Å². The maximum atomic E-state index is 2.80. The predicted molar refractivity (Wildman–Crippen MR) is 333 cm³/mol. The maximum absolute atomic E-state index is 2.80. The molecule has 0 saturated heterocycles. The largest absolute Gasteiger partial charge is 0.312 e. The molecule has 0 spiro atoms. The third-order valence-corrected chi connectivity index (χ3v) is 19.2. The first-order chi connectivity index (χ1) is 36.8. The van der Waals surface area contributed by atoms with Crippen molar-refractivity contribution in [3.63, 3.8) is 0 Å². The molecule has 0 radical (unpaired) electrons. The smallest absolute Gasteiger partial charge is 0.252 e. The van der Waals surface area contributed by atoms with Gasteiger partial charge in [-0.1, -0.05) is 186 Å². The van der Waals surface area contributed by atoms with Crippen molar-refractivity contribution in [3.8, 4) is 11.4 Å². The minimum atomic E-state index is -0.115. The van der Waals surface area contributed by atoms with E-state index in [1.165, 1.54) is 161 Å². The Bertz CT molecular complexity index is 4310. The SMILES string of the molecule is CC(C)(C)c1ccc2c(c1)N1c3cc(C(C)(C)C)cc4c3B(c3cc5c6c(c31)B2c1ccc(C(C)(C)C)cc1N6c1cc(C(C)(C)C)cc2c1B5c1cccc3c5ccccc5n-2c13)c1cccc2c3ccccc3n-4c12. The quantitative estimate of drug-likeness (QED) is 0.141. The van der Waals surface area contributed by atoms with Gasteiger partial charge in [-0.3, -0.25) is 0 Å². The van der Waals surface area contributed by atoms with E-state index in [9.17, 15) is 0 Å². The van der Waals surface area contributed by atoms with E-state index in [1.807, 2.05) is 0 Å². The number of nitrogens with zero attached hydrogens (tertiary/aromatic N) is 4. The summed E-state index contributed by atoms with van der Waals surface area (Å²) in [5.41, 5.74) is 33.5. The summed E-state index contributed by atoms with van der Waals surface area (Å²) >= 11 is 0. The molecule has 9 aromatic carbocycles. The van der Waals surface area contributed by atoms with Gasteiger partial charge in [-0.15, -0.1) is 0 Å². The molecule has 17 rings (SSSR count). The van der Waals surface area contributed by atoms with Crippen LogP contribution in [-0.2, 0) is 21.7 Å². The first-order valence-electron chi connectivity index (χ1n) is 28.3.